The molecule has 2 heterocycles. The molecule has 0 aliphatic heterocycles. The van der Waals surface area contributed by atoms with Gasteiger partial charge in [-0.3, -0.25) is 0 Å². The second kappa shape index (κ2) is 5.27. The van der Waals surface area contributed by atoms with Crippen LogP contribution in [0.1, 0.15) is 46.3 Å². The van der Waals surface area contributed by atoms with E-state index in [1.807, 2.05) is 13.8 Å². The van der Waals surface area contributed by atoms with Crippen LogP contribution in [0.2, 0.25) is 4.34 Å². The van der Waals surface area contributed by atoms with Crippen LogP contribution in [-0.2, 0) is 13.0 Å². The summed E-state index contributed by atoms with van der Waals surface area (Å²) >= 11 is 7.85. The summed E-state index contributed by atoms with van der Waals surface area (Å²) in [4.78, 5) is 1.44. The van der Waals surface area contributed by atoms with Gasteiger partial charge in [0, 0.05) is 23.0 Å². The fourth-order valence-corrected chi connectivity index (χ4v) is 4.10. The number of hydrogen-bond acceptors (Lipinski definition) is 4. The van der Waals surface area contributed by atoms with Crippen molar-refractivity contribution in [1.29, 1.82) is 0 Å². The third kappa shape index (κ3) is 2.57. The molecule has 5 heteroatoms. The number of rotatable bonds is 3. The largest absolute Gasteiger partial charge is 0.361 e. The van der Waals surface area contributed by atoms with Crippen LogP contribution in [0.5, 0.6) is 0 Å². The number of halogens is 1. The van der Waals surface area contributed by atoms with Gasteiger partial charge in [-0.25, -0.2) is 0 Å². The molecule has 0 radical (unpaired) electrons. The zero-order valence-corrected chi connectivity index (χ0v) is 12.7. The molecule has 0 fully saturated rings. The molecule has 1 N–H and O–H groups in total. The molecule has 102 valence electrons. The maximum Gasteiger partial charge on any atom is 0.138 e. The Kier molecular flexibility index (Phi) is 3.65. The maximum absolute atomic E-state index is 6.13. The molecule has 0 saturated carbocycles. The number of aryl methyl sites for hydroxylation is 3. The first-order valence-electron chi connectivity index (χ1n) is 6.58. The van der Waals surface area contributed by atoms with Gasteiger partial charge in [0.05, 0.1) is 10.0 Å². The van der Waals surface area contributed by atoms with E-state index in [-0.39, 0.29) is 0 Å². The van der Waals surface area contributed by atoms with Gasteiger partial charge in [0.25, 0.3) is 0 Å². The average Bonchev–Trinajstić information content (AvgIpc) is 2.90. The summed E-state index contributed by atoms with van der Waals surface area (Å²) in [6.45, 7) is 4.75. The Morgan fingerprint density at radius 2 is 2.37 bits per heavy atom. The zero-order chi connectivity index (χ0) is 13.4. The standard InChI is InChI=1S/C14H17ClN2OS/c1-8-11(9(2)18-17-8)7-16-12-4-3-5-13-10(12)6-14(15)19-13/h6,12,16H,3-5,7H2,1-2H3. The van der Waals surface area contributed by atoms with Gasteiger partial charge in [-0.2, -0.15) is 0 Å². The number of aromatic nitrogens is 1. The molecule has 3 nitrogen and oxygen atoms in total. The predicted octanol–water partition coefficient (Wildman–Crippen LogP) is 4.17. The summed E-state index contributed by atoms with van der Waals surface area (Å²) in [5, 5.41) is 7.62. The summed E-state index contributed by atoms with van der Waals surface area (Å²) in [6, 6.07) is 2.52. The van der Waals surface area contributed by atoms with Gasteiger partial charge in [0.1, 0.15) is 5.76 Å². The Hall–Kier alpha value is -0.840. The van der Waals surface area contributed by atoms with Crippen molar-refractivity contribution < 1.29 is 4.52 Å². The fraction of sp³-hybridized carbons (Fsp3) is 0.500. The minimum Gasteiger partial charge on any atom is -0.361 e. The van der Waals surface area contributed by atoms with Gasteiger partial charge in [-0.15, -0.1) is 11.3 Å². The quantitative estimate of drug-likeness (QED) is 0.923. The van der Waals surface area contributed by atoms with Gasteiger partial charge < -0.3 is 9.84 Å². The average molecular weight is 297 g/mol. The van der Waals surface area contributed by atoms with E-state index >= 15 is 0 Å². The third-order valence-corrected chi connectivity index (χ3v) is 5.13. The molecule has 0 saturated heterocycles. The van der Waals surface area contributed by atoms with Crippen LogP contribution in [0, 0.1) is 13.8 Å². The topological polar surface area (TPSA) is 38.1 Å². The molecular weight excluding hydrogens is 280 g/mol. The molecule has 0 spiro atoms. The fourth-order valence-electron chi connectivity index (χ4n) is 2.71. The van der Waals surface area contributed by atoms with Crippen molar-refractivity contribution in [2.75, 3.05) is 0 Å². The van der Waals surface area contributed by atoms with E-state index in [2.05, 4.69) is 16.5 Å². The Balaban J connectivity index is 1.75. The molecule has 0 bridgehead atoms. The number of hydrogen-bond donors (Lipinski definition) is 1. The molecule has 2 aromatic rings. The molecule has 1 aliphatic rings. The lowest BCUT2D eigenvalue weighted by Crippen LogP contribution is -2.24. The third-order valence-electron chi connectivity index (χ3n) is 3.79. The van der Waals surface area contributed by atoms with Crippen LogP contribution in [0.25, 0.3) is 0 Å². The van der Waals surface area contributed by atoms with E-state index in [9.17, 15) is 0 Å². The summed E-state index contributed by atoms with van der Waals surface area (Å²) < 4.78 is 6.10. The van der Waals surface area contributed by atoms with Crippen LogP contribution in [0.15, 0.2) is 10.6 Å². The molecule has 3 rings (SSSR count). The summed E-state index contributed by atoms with van der Waals surface area (Å²) in [7, 11) is 0. The zero-order valence-electron chi connectivity index (χ0n) is 11.1. The Morgan fingerprint density at radius 1 is 1.53 bits per heavy atom. The Bertz CT molecular complexity index is 571. The van der Waals surface area contributed by atoms with Gasteiger partial charge in [0.2, 0.25) is 0 Å². The number of nitrogens with one attached hydrogen (secondary N) is 1. The highest BCUT2D eigenvalue weighted by atomic mass is 35.5. The summed E-state index contributed by atoms with van der Waals surface area (Å²) in [6.07, 6.45) is 3.56. The van der Waals surface area contributed by atoms with E-state index in [0.29, 0.717) is 6.04 Å². The van der Waals surface area contributed by atoms with Crippen LogP contribution < -0.4 is 5.32 Å². The molecular formula is C14H17ClN2OS. The molecule has 0 amide bonds. The molecule has 1 unspecified atom stereocenters. The highest BCUT2D eigenvalue weighted by Gasteiger charge is 2.23. The summed E-state index contributed by atoms with van der Waals surface area (Å²) in [5.41, 5.74) is 3.53. The van der Waals surface area contributed by atoms with Crippen LogP contribution in [-0.4, -0.2) is 5.16 Å². The minimum atomic E-state index is 0.404. The van der Waals surface area contributed by atoms with Crippen molar-refractivity contribution in [1.82, 2.24) is 10.5 Å². The molecule has 1 aliphatic carbocycles. The monoisotopic (exact) mass is 296 g/mol. The molecule has 0 aromatic carbocycles. The number of nitrogens with zero attached hydrogens (tertiary/aromatic N) is 1. The minimum absolute atomic E-state index is 0.404. The van der Waals surface area contributed by atoms with Crippen LogP contribution >= 0.6 is 22.9 Å². The first kappa shape index (κ1) is 13.2. The van der Waals surface area contributed by atoms with Crippen molar-refractivity contribution in [2.45, 2.75) is 45.7 Å². The second-order valence-corrected chi connectivity index (χ2v) is 6.83. The molecule has 2 aromatic heterocycles. The second-order valence-electron chi connectivity index (χ2n) is 5.06. The van der Waals surface area contributed by atoms with Crippen LogP contribution in [0.3, 0.4) is 0 Å². The first-order valence-corrected chi connectivity index (χ1v) is 7.78. The number of thiophene rings is 1. The van der Waals surface area contributed by atoms with E-state index in [1.54, 1.807) is 11.3 Å². The summed E-state index contributed by atoms with van der Waals surface area (Å²) in [5.74, 6) is 0.907. The lowest BCUT2D eigenvalue weighted by atomic mass is 9.94. The SMILES string of the molecule is Cc1noc(C)c1CNC1CCCc2sc(Cl)cc21. The van der Waals surface area contributed by atoms with E-state index < -0.39 is 0 Å². The first-order chi connectivity index (χ1) is 9.15. The molecule has 19 heavy (non-hydrogen) atoms. The maximum atomic E-state index is 6.13. The number of fused-ring (bicyclic) bond motifs is 1. The van der Waals surface area contributed by atoms with Crippen molar-refractivity contribution in [3.63, 3.8) is 0 Å². The Labute approximate surface area is 121 Å². The van der Waals surface area contributed by atoms with Gasteiger partial charge >= 0.3 is 0 Å². The van der Waals surface area contributed by atoms with E-state index in [1.165, 1.54) is 28.8 Å². The van der Waals surface area contributed by atoms with Gasteiger partial charge in [-0.05, 0) is 44.7 Å². The highest BCUT2D eigenvalue weighted by Crippen LogP contribution is 2.38. The van der Waals surface area contributed by atoms with Crippen molar-refractivity contribution in [3.05, 3.63) is 37.9 Å². The van der Waals surface area contributed by atoms with E-state index in [0.717, 1.165) is 28.8 Å². The lowest BCUT2D eigenvalue weighted by Gasteiger charge is -2.23. The molecule has 1 atom stereocenters. The normalized spacial score (nSPS) is 18.6. The lowest BCUT2D eigenvalue weighted by molar-refractivity contribution is 0.390. The Morgan fingerprint density at radius 3 is 3.11 bits per heavy atom. The van der Waals surface area contributed by atoms with Crippen molar-refractivity contribution in [2.24, 2.45) is 0 Å². The van der Waals surface area contributed by atoms with Crippen LogP contribution in [0.4, 0.5) is 0 Å². The van der Waals surface area contributed by atoms with Gasteiger partial charge in [0.15, 0.2) is 0 Å². The highest BCUT2D eigenvalue weighted by molar-refractivity contribution is 7.16. The van der Waals surface area contributed by atoms with E-state index in [4.69, 9.17) is 16.1 Å². The van der Waals surface area contributed by atoms with Crippen molar-refractivity contribution in [3.8, 4) is 0 Å². The van der Waals surface area contributed by atoms with Crippen molar-refractivity contribution >= 4 is 22.9 Å². The van der Waals surface area contributed by atoms with Gasteiger partial charge in [-0.1, -0.05) is 16.8 Å². The predicted molar refractivity (Wildman–Crippen MR) is 77.8 cm³/mol. The smallest absolute Gasteiger partial charge is 0.138 e.